The van der Waals surface area contributed by atoms with Crippen LogP contribution in [0.1, 0.15) is 19.8 Å². The summed E-state index contributed by atoms with van der Waals surface area (Å²) in [6, 6.07) is 11.9. The molecule has 0 aliphatic heterocycles. The highest BCUT2D eigenvalue weighted by atomic mass is 32.2. The number of hydrogen-bond acceptors (Lipinski definition) is 5. The van der Waals surface area contributed by atoms with Gasteiger partial charge in [-0.05, 0) is 31.2 Å². The van der Waals surface area contributed by atoms with E-state index in [1.165, 1.54) is 32.1 Å². The molecule has 0 atom stereocenters. The second kappa shape index (κ2) is 9.03. The predicted octanol–water partition coefficient (Wildman–Crippen LogP) is 4.00. The molecule has 6 nitrogen and oxygen atoms in total. The third-order valence-corrected chi connectivity index (χ3v) is 5.01. The molecule has 0 saturated heterocycles. The number of nitrogens with two attached hydrogens (primary N) is 1. The molecule has 0 spiro atoms. The molecule has 3 rings (SSSR count). The summed E-state index contributed by atoms with van der Waals surface area (Å²) in [5, 5.41) is 2.95. The summed E-state index contributed by atoms with van der Waals surface area (Å²) in [6.45, 7) is 2.98. The van der Waals surface area contributed by atoms with E-state index in [2.05, 4.69) is 6.92 Å². The smallest absolute Gasteiger partial charge is 0.294 e. The van der Waals surface area contributed by atoms with Gasteiger partial charge in [-0.25, -0.2) is 0 Å². The molecule has 0 bridgehead atoms. The van der Waals surface area contributed by atoms with Crippen LogP contribution in [0, 0.1) is 0 Å². The fourth-order valence-corrected chi connectivity index (χ4v) is 3.39. The molecule has 0 amide bonds. The molecule has 0 saturated carbocycles. The van der Waals surface area contributed by atoms with Gasteiger partial charge in [-0.1, -0.05) is 37.6 Å². The van der Waals surface area contributed by atoms with Crippen LogP contribution in [-0.2, 0) is 10.1 Å². The third-order valence-electron chi connectivity index (χ3n) is 4.16. The molecule has 0 aromatic heterocycles. The van der Waals surface area contributed by atoms with Crippen LogP contribution in [0.15, 0.2) is 47.4 Å². The average Bonchev–Trinajstić information content (AvgIpc) is 2.66. The number of rotatable bonds is 5. The standard InChI is InChI=1S/C16H14O5S.C4H11N/c1-20-15-11-5-3-4-6-12(11)16(21-2)14-9-10(22(17,18)19)7-8-13(14)15;1-2-3-4-5/h3-9H,1-2H3,(H,17,18,19);2-5H2,1H3. The van der Waals surface area contributed by atoms with Crippen molar-refractivity contribution in [2.24, 2.45) is 5.73 Å². The fraction of sp³-hybridized carbons (Fsp3) is 0.300. The van der Waals surface area contributed by atoms with Gasteiger partial charge in [0.2, 0.25) is 0 Å². The molecule has 0 aliphatic rings. The quantitative estimate of drug-likeness (QED) is 0.504. The Morgan fingerprint density at radius 3 is 1.85 bits per heavy atom. The lowest BCUT2D eigenvalue weighted by molar-refractivity contribution is 0.417. The van der Waals surface area contributed by atoms with Crippen LogP contribution < -0.4 is 15.2 Å². The van der Waals surface area contributed by atoms with E-state index in [4.69, 9.17) is 15.2 Å². The van der Waals surface area contributed by atoms with Gasteiger partial charge < -0.3 is 15.2 Å². The van der Waals surface area contributed by atoms with Crippen LogP contribution in [0.5, 0.6) is 11.5 Å². The SMILES string of the molecule is CCCCN.COc1c2ccccc2c(OC)c2cc(S(=O)(=O)O)ccc12. The number of unbranched alkanes of at least 4 members (excludes halogenated alkanes) is 1. The van der Waals surface area contributed by atoms with E-state index < -0.39 is 10.1 Å². The molecule has 146 valence electrons. The second-order valence-corrected chi connectivity index (χ2v) is 7.36. The van der Waals surface area contributed by atoms with Crippen molar-refractivity contribution in [3.8, 4) is 11.5 Å². The van der Waals surface area contributed by atoms with Crippen molar-refractivity contribution < 1.29 is 22.4 Å². The van der Waals surface area contributed by atoms with E-state index >= 15 is 0 Å². The van der Waals surface area contributed by atoms with Crippen LogP contribution in [0.2, 0.25) is 0 Å². The first kappa shape index (κ1) is 21.0. The van der Waals surface area contributed by atoms with Crippen LogP contribution in [-0.4, -0.2) is 33.7 Å². The molecule has 0 heterocycles. The Kier molecular flexibility index (Phi) is 7.01. The van der Waals surface area contributed by atoms with Gasteiger partial charge in [0.05, 0.1) is 19.1 Å². The Morgan fingerprint density at radius 1 is 0.926 bits per heavy atom. The van der Waals surface area contributed by atoms with Gasteiger partial charge in [-0.2, -0.15) is 8.42 Å². The molecule has 7 heteroatoms. The van der Waals surface area contributed by atoms with Crippen molar-refractivity contribution in [1.82, 2.24) is 0 Å². The summed E-state index contributed by atoms with van der Waals surface area (Å²) in [6.07, 6.45) is 2.39. The lowest BCUT2D eigenvalue weighted by Gasteiger charge is -2.15. The first-order chi connectivity index (χ1) is 12.9. The predicted molar refractivity (Wildman–Crippen MR) is 108 cm³/mol. The minimum absolute atomic E-state index is 0.185. The minimum Gasteiger partial charge on any atom is -0.495 e. The van der Waals surface area contributed by atoms with Gasteiger partial charge in [0, 0.05) is 21.5 Å². The monoisotopic (exact) mass is 391 g/mol. The van der Waals surface area contributed by atoms with E-state index in [1.807, 2.05) is 24.3 Å². The van der Waals surface area contributed by atoms with Crippen LogP contribution >= 0.6 is 0 Å². The Labute approximate surface area is 159 Å². The van der Waals surface area contributed by atoms with E-state index in [-0.39, 0.29) is 4.90 Å². The molecule has 0 aliphatic carbocycles. The summed E-state index contributed by atoms with van der Waals surface area (Å²) < 4.78 is 43.0. The Hall–Kier alpha value is -2.35. The minimum atomic E-state index is -4.29. The summed E-state index contributed by atoms with van der Waals surface area (Å²) in [5.41, 5.74) is 5.14. The molecular formula is C20H25NO5S. The molecule has 0 radical (unpaired) electrons. The maximum Gasteiger partial charge on any atom is 0.294 e. The van der Waals surface area contributed by atoms with Gasteiger partial charge in [0.15, 0.2) is 0 Å². The molecule has 0 fully saturated rings. The fourth-order valence-electron chi connectivity index (χ4n) is 2.88. The molecule has 0 unspecified atom stereocenters. The number of benzene rings is 3. The van der Waals surface area contributed by atoms with Gasteiger partial charge in [0.25, 0.3) is 10.1 Å². The zero-order chi connectivity index (χ0) is 20.0. The molecule has 3 aromatic carbocycles. The van der Waals surface area contributed by atoms with Crippen molar-refractivity contribution in [3.05, 3.63) is 42.5 Å². The van der Waals surface area contributed by atoms with Gasteiger partial charge in [-0.3, -0.25) is 4.55 Å². The largest absolute Gasteiger partial charge is 0.495 e. The van der Waals surface area contributed by atoms with Gasteiger partial charge >= 0.3 is 0 Å². The van der Waals surface area contributed by atoms with Gasteiger partial charge in [0.1, 0.15) is 11.5 Å². The zero-order valence-corrected chi connectivity index (χ0v) is 16.5. The highest BCUT2D eigenvalue weighted by molar-refractivity contribution is 7.85. The highest BCUT2D eigenvalue weighted by Gasteiger charge is 2.18. The zero-order valence-electron chi connectivity index (χ0n) is 15.7. The van der Waals surface area contributed by atoms with Crippen LogP contribution in [0.25, 0.3) is 21.5 Å². The van der Waals surface area contributed by atoms with Crippen LogP contribution in [0.4, 0.5) is 0 Å². The summed E-state index contributed by atoms with van der Waals surface area (Å²) in [7, 11) is -1.21. The lowest BCUT2D eigenvalue weighted by atomic mass is 10.0. The summed E-state index contributed by atoms with van der Waals surface area (Å²) in [4.78, 5) is -0.185. The maximum absolute atomic E-state index is 11.4. The third kappa shape index (κ3) is 4.50. The molecule has 3 N–H and O–H groups in total. The number of ether oxygens (including phenoxy) is 2. The normalized spacial score (nSPS) is 11.1. The van der Waals surface area contributed by atoms with Crippen LogP contribution in [0.3, 0.4) is 0 Å². The van der Waals surface area contributed by atoms with E-state index in [0.29, 0.717) is 22.3 Å². The van der Waals surface area contributed by atoms with Crippen molar-refractivity contribution in [2.45, 2.75) is 24.7 Å². The highest BCUT2D eigenvalue weighted by Crippen LogP contribution is 2.43. The van der Waals surface area contributed by atoms with Crippen molar-refractivity contribution in [2.75, 3.05) is 20.8 Å². The topological polar surface area (TPSA) is 98.9 Å². The Morgan fingerprint density at radius 2 is 1.44 bits per heavy atom. The molecule has 27 heavy (non-hydrogen) atoms. The first-order valence-corrected chi connectivity index (χ1v) is 10.1. The maximum atomic E-state index is 11.4. The van der Waals surface area contributed by atoms with Crippen molar-refractivity contribution in [1.29, 1.82) is 0 Å². The number of hydrogen-bond donors (Lipinski definition) is 2. The van der Waals surface area contributed by atoms with E-state index in [1.54, 1.807) is 13.2 Å². The molecule has 3 aromatic rings. The Bertz CT molecular complexity index is 1030. The van der Waals surface area contributed by atoms with Gasteiger partial charge in [-0.15, -0.1) is 0 Å². The Balaban J connectivity index is 0.000000465. The van der Waals surface area contributed by atoms with E-state index in [0.717, 1.165) is 17.3 Å². The van der Waals surface area contributed by atoms with E-state index in [9.17, 15) is 13.0 Å². The lowest BCUT2D eigenvalue weighted by Crippen LogP contribution is -1.99. The number of fused-ring (bicyclic) bond motifs is 2. The first-order valence-electron chi connectivity index (χ1n) is 8.63. The van der Waals surface area contributed by atoms with Crippen molar-refractivity contribution in [3.63, 3.8) is 0 Å². The summed E-state index contributed by atoms with van der Waals surface area (Å²) >= 11 is 0. The number of methoxy groups -OCH3 is 2. The van der Waals surface area contributed by atoms with Crippen molar-refractivity contribution >= 4 is 31.7 Å². The molecular weight excluding hydrogens is 366 g/mol. The average molecular weight is 391 g/mol. The second-order valence-electron chi connectivity index (χ2n) is 5.94. The summed E-state index contributed by atoms with van der Waals surface area (Å²) in [5.74, 6) is 1.17.